The molecular weight excluding hydrogens is 244 g/mol. The minimum atomic E-state index is 0. The van der Waals surface area contributed by atoms with E-state index in [1.807, 2.05) is 0 Å². The molecule has 2 nitrogen and oxygen atoms in total. The van der Waals surface area contributed by atoms with Crippen molar-refractivity contribution in [3.05, 3.63) is 0 Å². The van der Waals surface area contributed by atoms with Gasteiger partial charge < -0.3 is 0 Å². The molecule has 0 spiro atoms. The van der Waals surface area contributed by atoms with Crippen molar-refractivity contribution in [3.63, 3.8) is 0 Å². The normalized spacial score (nSPS) is 21.3. The van der Waals surface area contributed by atoms with Crippen LogP contribution in [0.5, 0.6) is 0 Å². The molecule has 0 saturated heterocycles. The lowest BCUT2D eigenvalue weighted by atomic mass is 9.86. The molecule has 1 atom stereocenters. The average molecular weight is 283 g/mol. The van der Waals surface area contributed by atoms with Crippen LogP contribution in [0.2, 0.25) is 0 Å². The highest BCUT2D eigenvalue weighted by molar-refractivity contribution is 5.90. The second-order valence-electron chi connectivity index (χ2n) is 7.47. The maximum absolute atomic E-state index is 4.42. The van der Waals surface area contributed by atoms with Gasteiger partial charge in [0.2, 0.25) is 0 Å². The molecule has 120 valence electrons. The van der Waals surface area contributed by atoms with Crippen molar-refractivity contribution in [2.24, 2.45) is 20.8 Å². The van der Waals surface area contributed by atoms with Crippen molar-refractivity contribution in [3.8, 4) is 0 Å². The molecule has 2 rings (SSSR count). The van der Waals surface area contributed by atoms with E-state index in [9.17, 15) is 0 Å². The van der Waals surface area contributed by atoms with Crippen molar-refractivity contribution >= 4 is 11.9 Å². The summed E-state index contributed by atoms with van der Waals surface area (Å²) in [4.78, 5) is 8.81. The van der Waals surface area contributed by atoms with E-state index in [0.717, 1.165) is 6.54 Å². The first-order valence-electron chi connectivity index (χ1n) is 7.26. The molecule has 0 aromatic rings. The largest absolute Gasteiger partial charge is 0.294 e. The van der Waals surface area contributed by atoms with Gasteiger partial charge in [0.15, 0.2) is 0 Å². The van der Waals surface area contributed by atoms with E-state index in [1.165, 1.54) is 31.4 Å². The molecule has 0 aromatic carbocycles. The van der Waals surface area contributed by atoms with Crippen LogP contribution >= 0.6 is 0 Å². The average Bonchev–Trinajstić information content (AvgIpc) is 2.91. The zero-order valence-corrected chi connectivity index (χ0v) is 13.1. The predicted molar refractivity (Wildman–Crippen MR) is 95.4 cm³/mol. The number of nitrogens with zero attached hydrogens (tertiary/aromatic N) is 2. The standard InChI is InChI=1S/2C8H15N.2CH4/c2*1-8(2,3)7-5-4-6-9-7;;/h4-6H2,1-3H3;6-7H,4-5H2,1-3H3;2*1H4. The third-order valence-electron chi connectivity index (χ3n) is 3.59. The van der Waals surface area contributed by atoms with Crippen LogP contribution in [-0.4, -0.2) is 24.5 Å². The number of hydrogen-bond acceptors (Lipinski definition) is 2. The molecule has 2 heteroatoms. The maximum Gasteiger partial charge on any atom is 0.0547 e. The van der Waals surface area contributed by atoms with Gasteiger partial charge in [-0.1, -0.05) is 56.4 Å². The number of rotatable bonds is 0. The third kappa shape index (κ3) is 7.21. The minimum Gasteiger partial charge on any atom is -0.294 e. The Hall–Kier alpha value is -0.660. The second-order valence-corrected chi connectivity index (χ2v) is 7.47. The SMILES string of the molecule is C.C.CC(C)(C)C1=NCCC1.CC(C)(C)C1CCC=N1. The minimum absolute atomic E-state index is 0. The topological polar surface area (TPSA) is 24.7 Å². The fraction of sp³-hybridized carbons (Fsp3) is 0.889. The van der Waals surface area contributed by atoms with E-state index in [-0.39, 0.29) is 14.9 Å². The van der Waals surface area contributed by atoms with Gasteiger partial charge in [-0.15, -0.1) is 0 Å². The van der Waals surface area contributed by atoms with Crippen LogP contribution in [0.3, 0.4) is 0 Å². The third-order valence-corrected chi connectivity index (χ3v) is 3.59. The lowest BCUT2D eigenvalue weighted by molar-refractivity contribution is 0.322. The summed E-state index contributed by atoms with van der Waals surface area (Å²) in [5.41, 5.74) is 2.12. The summed E-state index contributed by atoms with van der Waals surface area (Å²) in [6.07, 6.45) is 6.98. The lowest BCUT2D eigenvalue weighted by Crippen LogP contribution is -2.21. The van der Waals surface area contributed by atoms with E-state index in [0.29, 0.717) is 16.9 Å². The molecule has 0 bridgehead atoms. The Bertz CT molecular complexity index is 313. The van der Waals surface area contributed by atoms with E-state index in [1.54, 1.807) is 0 Å². The summed E-state index contributed by atoms with van der Waals surface area (Å²) in [6.45, 7) is 14.5. The molecule has 1 unspecified atom stereocenters. The first-order valence-corrected chi connectivity index (χ1v) is 7.26. The number of hydrogen-bond donors (Lipinski definition) is 0. The van der Waals surface area contributed by atoms with Gasteiger partial charge in [0.1, 0.15) is 0 Å². The van der Waals surface area contributed by atoms with Gasteiger partial charge in [0.25, 0.3) is 0 Å². The van der Waals surface area contributed by atoms with Gasteiger partial charge in [-0.05, 0) is 42.7 Å². The Balaban J connectivity index is 0. The van der Waals surface area contributed by atoms with E-state index < -0.39 is 0 Å². The van der Waals surface area contributed by atoms with Crippen LogP contribution in [0.1, 0.15) is 82.1 Å². The van der Waals surface area contributed by atoms with Crippen LogP contribution < -0.4 is 0 Å². The van der Waals surface area contributed by atoms with Gasteiger partial charge in [0.05, 0.1) is 6.04 Å². The monoisotopic (exact) mass is 282 g/mol. The van der Waals surface area contributed by atoms with Crippen molar-refractivity contribution in [1.29, 1.82) is 0 Å². The van der Waals surface area contributed by atoms with Crippen molar-refractivity contribution < 1.29 is 0 Å². The summed E-state index contributed by atoms with van der Waals surface area (Å²) < 4.78 is 0. The molecule has 0 N–H and O–H groups in total. The highest BCUT2D eigenvalue weighted by Crippen LogP contribution is 2.28. The van der Waals surface area contributed by atoms with Crippen molar-refractivity contribution in [2.75, 3.05) is 6.54 Å². The molecule has 20 heavy (non-hydrogen) atoms. The summed E-state index contributed by atoms with van der Waals surface area (Å²) in [7, 11) is 0. The van der Waals surface area contributed by atoms with Crippen molar-refractivity contribution in [1.82, 2.24) is 0 Å². The fourth-order valence-corrected chi connectivity index (χ4v) is 2.32. The number of aliphatic imine (C=N–C) groups is 2. The molecule has 0 radical (unpaired) electrons. The van der Waals surface area contributed by atoms with Crippen LogP contribution in [0.4, 0.5) is 0 Å². The molecule has 0 fully saturated rings. The summed E-state index contributed by atoms with van der Waals surface area (Å²) in [5.74, 6) is 0. The highest BCUT2D eigenvalue weighted by atomic mass is 14.8. The molecule has 2 aliphatic heterocycles. The Labute approximate surface area is 128 Å². The Kier molecular flexibility index (Phi) is 9.29. The summed E-state index contributed by atoms with van der Waals surface area (Å²) in [6, 6.07) is 0.581. The Morgan fingerprint density at radius 1 is 1.05 bits per heavy atom. The quantitative estimate of drug-likeness (QED) is 0.536. The van der Waals surface area contributed by atoms with Gasteiger partial charge in [-0.3, -0.25) is 9.98 Å². The van der Waals surface area contributed by atoms with Crippen LogP contribution in [0, 0.1) is 10.8 Å². The zero-order valence-electron chi connectivity index (χ0n) is 13.1. The van der Waals surface area contributed by atoms with Crippen LogP contribution in [0.25, 0.3) is 0 Å². The molecule has 0 aliphatic carbocycles. The van der Waals surface area contributed by atoms with Crippen LogP contribution in [0.15, 0.2) is 9.98 Å². The second kappa shape index (κ2) is 8.59. The predicted octanol–water partition coefficient (Wildman–Crippen LogP) is 5.81. The molecule has 0 saturated carbocycles. The molecule has 0 aromatic heterocycles. The molecule has 2 heterocycles. The highest BCUT2D eigenvalue weighted by Gasteiger charge is 2.24. The zero-order chi connectivity index (χ0) is 13.8. The lowest BCUT2D eigenvalue weighted by Gasteiger charge is -2.23. The van der Waals surface area contributed by atoms with Gasteiger partial charge in [-0.25, -0.2) is 0 Å². The smallest absolute Gasteiger partial charge is 0.0547 e. The summed E-state index contributed by atoms with van der Waals surface area (Å²) >= 11 is 0. The van der Waals surface area contributed by atoms with Gasteiger partial charge in [0, 0.05) is 12.3 Å². The van der Waals surface area contributed by atoms with E-state index >= 15 is 0 Å². The molecular formula is C18H38N2. The Morgan fingerprint density at radius 3 is 1.85 bits per heavy atom. The first-order chi connectivity index (χ1) is 8.21. The van der Waals surface area contributed by atoms with Crippen molar-refractivity contribution in [2.45, 2.75) is 88.1 Å². The maximum atomic E-state index is 4.42. The van der Waals surface area contributed by atoms with E-state index in [4.69, 9.17) is 0 Å². The van der Waals surface area contributed by atoms with Crippen LogP contribution in [-0.2, 0) is 0 Å². The van der Waals surface area contributed by atoms with E-state index in [2.05, 4.69) is 57.7 Å². The van der Waals surface area contributed by atoms with Gasteiger partial charge in [-0.2, -0.15) is 0 Å². The molecule has 0 amide bonds. The first kappa shape index (κ1) is 21.6. The van der Waals surface area contributed by atoms with Gasteiger partial charge >= 0.3 is 0 Å². The summed E-state index contributed by atoms with van der Waals surface area (Å²) in [5, 5.41) is 0. The Morgan fingerprint density at radius 2 is 1.65 bits per heavy atom. The fourth-order valence-electron chi connectivity index (χ4n) is 2.32. The molecule has 2 aliphatic rings.